The van der Waals surface area contributed by atoms with Crippen LogP contribution in [0.15, 0.2) is 18.3 Å². The van der Waals surface area contributed by atoms with E-state index in [0.717, 1.165) is 36.3 Å². The van der Waals surface area contributed by atoms with E-state index in [9.17, 15) is 0 Å². The van der Waals surface area contributed by atoms with E-state index in [4.69, 9.17) is 5.73 Å². The summed E-state index contributed by atoms with van der Waals surface area (Å²) in [6.07, 6.45) is 6.85. The van der Waals surface area contributed by atoms with Gasteiger partial charge in [0.1, 0.15) is 0 Å². The van der Waals surface area contributed by atoms with Crippen molar-refractivity contribution >= 4 is 5.69 Å². The minimum absolute atomic E-state index is 0.748. The van der Waals surface area contributed by atoms with Crippen molar-refractivity contribution in [1.82, 2.24) is 9.88 Å². The van der Waals surface area contributed by atoms with Crippen LogP contribution < -0.4 is 5.73 Å². The summed E-state index contributed by atoms with van der Waals surface area (Å²) < 4.78 is 0. The van der Waals surface area contributed by atoms with Crippen molar-refractivity contribution in [2.75, 3.05) is 18.8 Å². The molecular formula is C15H25N3. The second-order valence-electron chi connectivity index (χ2n) is 5.78. The molecule has 1 aliphatic carbocycles. The molecule has 18 heavy (non-hydrogen) atoms. The van der Waals surface area contributed by atoms with Crippen LogP contribution in [0.1, 0.15) is 38.8 Å². The molecule has 0 spiro atoms. The summed E-state index contributed by atoms with van der Waals surface area (Å²) in [5.41, 5.74) is 7.55. The summed E-state index contributed by atoms with van der Waals surface area (Å²) in [4.78, 5) is 7.01. The molecule has 0 aromatic carbocycles. The molecular weight excluding hydrogens is 222 g/mol. The van der Waals surface area contributed by atoms with Crippen molar-refractivity contribution in [3.05, 3.63) is 24.0 Å². The molecule has 0 amide bonds. The van der Waals surface area contributed by atoms with E-state index < -0.39 is 0 Å². The fourth-order valence-corrected chi connectivity index (χ4v) is 2.18. The van der Waals surface area contributed by atoms with Crippen LogP contribution in [0.5, 0.6) is 0 Å². The highest BCUT2D eigenvalue weighted by molar-refractivity contribution is 5.34. The minimum atomic E-state index is 0.748. The first kappa shape index (κ1) is 13.3. The van der Waals surface area contributed by atoms with Crippen molar-refractivity contribution in [3.63, 3.8) is 0 Å². The Morgan fingerprint density at radius 1 is 1.33 bits per heavy atom. The number of pyridine rings is 1. The molecule has 0 saturated heterocycles. The van der Waals surface area contributed by atoms with Crippen LogP contribution in [-0.2, 0) is 6.42 Å². The Balaban J connectivity index is 1.80. The van der Waals surface area contributed by atoms with Crippen LogP contribution in [0.3, 0.4) is 0 Å². The number of aromatic nitrogens is 1. The molecule has 0 atom stereocenters. The number of nitrogen functional groups attached to an aromatic ring is 1. The largest absolute Gasteiger partial charge is 0.397 e. The molecule has 1 aromatic rings. The highest BCUT2D eigenvalue weighted by Crippen LogP contribution is 2.27. The summed E-state index contributed by atoms with van der Waals surface area (Å²) >= 11 is 0. The van der Waals surface area contributed by atoms with Crippen molar-refractivity contribution < 1.29 is 0 Å². The normalized spacial score (nSPS) is 15.6. The average Bonchev–Trinajstić information content (AvgIpc) is 3.15. The number of hydrogen-bond acceptors (Lipinski definition) is 3. The third-order valence-electron chi connectivity index (χ3n) is 3.56. The quantitative estimate of drug-likeness (QED) is 0.805. The second-order valence-corrected chi connectivity index (χ2v) is 5.78. The molecule has 0 radical (unpaired) electrons. The van der Waals surface area contributed by atoms with Gasteiger partial charge in [-0.25, -0.2) is 0 Å². The molecule has 0 unspecified atom stereocenters. The van der Waals surface area contributed by atoms with Crippen LogP contribution >= 0.6 is 0 Å². The topological polar surface area (TPSA) is 42.1 Å². The molecule has 100 valence electrons. The van der Waals surface area contributed by atoms with Crippen molar-refractivity contribution in [2.45, 2.75) is 45.6 Å². The molecule has 1 fully saturated rings. The minimum Gasteiger partial charge on any atom is -0.397 e. The van der Waals surface area contributed by atoms with Gasteiger partial charge in [0.25, 0.3) is 0 Å². The van der Waals surface area contributed by atoms with Crippen LogP contribution in [0.4, 0.5) is 5.69 Å². The number of hydrogen-bond donors (Lipinski definition) is 1. The maximum Gasteiger partial charge on any atom is 0.0501 e. The van der Waals surface area contributed by atoms with Crippen LogP contribution in [0, 0.1) is 5.92 Å². The number of nitrogens with two attached hydrogens (primary N) is 1. The van der Waals surface area contributed by atoms with Gasteiger partial charge in [0.15, 0.2) is 0 Å². The van der Waals surface area contributed by atoms with Gasteiger partial charge in [-0.2, -0.15) is 0 Å². The molecule has 3 heteroatoms. The maximum atomic E-state index is 5.65. The van der Waals surface area contributed by atoms with Gasteiger partial charge in [-0.05, 0) is 43.9 Å². The maximum absolute atomic E-state index is 5.65. The predicted octanol–water partition coefficient (Wildman–Crippen LogP) is 2.72. The summed E-state index contributed by atoms with van der Waals surface area (Å²) in [6, 6.07) is 4.83. The van der Waals surface area contributed by atoms with Gasteiger partial charge in [-0.1, -0.05) is 13.8 Å². The lowest BCUT2D eigenvalue weighted by atomic mass is 10.1. The monoisotopic (exact) mass is 247 g/mol. The summed E-state index contributed by atoms with van der Waals surface area (Å²) in [5.74, 6) is 0.792. The molecule has 1 aliphatic rings. The Hall–Kier alpha value is -1.09. The van der Waals surface area contributed by atoms with Gasteiger partial charge in [0.05, 0.1) is 11.9 Å². The van der Waals surface area contributed by atoms with Crippen LogP contribution in [-0.4, -0.2) is 29.0 Å². The third kappa shape index (κ3) is 4.30. The molecule has 2 rings (SSSR count). The van der Waals surface area contributed by atoms with Crippen molar-refractivity contribution in [2.24, 2.45) is 5.92 Å². The van der Waals surface area contributed by atoms with Gasteiger partial charge >= 0.3 is 0 Å². The Kier molecular flexibility index (Phi) is 4.59. The van der Waals surface area contributed by atoms with Crippen molar-refractivity contribution in [1.29, 1.82) is 0 Å². The standard InChI is InChI=1S/C15H25N3/c1-12(2)7-9-18(15-5-6-15)10-8-14-4-3-13(16)11-17-14/h3-4,11-12,15H,5-10,16H2,1-2H3. The number of anilines is 1. The van der Waals surface area contributed by atoms with E-state index in [2.05, 4.69) is 23.7 Å². The molecule has 0 bridgehead atoms. The Labute approximate surface area is 110 Å². The smallest absolute Gasteiger partial charge is 0.0501 e. The molecule has 3 nitrogen and oxygen atoms in total. The summed E-state index contributed by atoms with van der Waals surface area (Å²) in [6.45, 7) is 6.96. The van der Waals surface area contributed by atoms with E-state index in [-0.39, 0.29) is 0 Å². The van der Waals surface area contributed by atoms with Gasteiger partial charge in [0.2, 0.25) is 0 Å². The zero-order chi connectivity index (χ0) is 13.0. The van der Waals surface area contributed by atoms with E-state index in [0.29, 0.717) is 0 Å². The zero-order valence-electron chi connectivity index (χ0n) is 11.6. The molecule has 1 heterocycles. The highest BCUT2D eigenvalue weighted by Gasteiger charge is 2.28. The first-order valence-electron chi connectivity index (χ1n) is 7.09. The van der Waals surface area contributed by atoms with Gasteiger partial charge in [-0.3, -0.25) is 9.88 Å². The third-order valence-corrected chi connectivity index (χ3v) is 3.56. The first-order valence-corrected chi connectivity index (χ1v) is 7.09. The van der Waals surface area contributed by atoms with Gasteiger partial charge in [0, 0.05) is 24.7 Å². The fraction of sp³-hybridized carbons (Fsp3) is 0.667. The highest BCUT2D eigenvalue weighted by atomic mass is 15.2. The van der Waals surface area contributed by atoms with E-state index >= 15 is 0 Å². The summed E-state index contributed by atoms with van der Waals surface area (Å²) in [7, 11) is 0. The Morgan fingerprint density at radius 3 is 2.67 bits per heavy atom. The van der Waals surface area contributed by atoms with Crippen LogP contribution in [0.25, 0.3) is 0 Å². The lowest BCUT2D eigenvalue weighted by Gasteiger charge is -2.22. The lowest BCUT2D eigenvalue weighted by molar-refractivity contribution is 0.250. The van der Waals surface area contributed by atoms with E-state index in [1.165, 1.54) is 25.8 Å². The second kappa shape index (κ2) is 6.19. The molecule has 2 N–H and O–H groups in total. The number of nitrogens with zero attached hydrogens (tertiary/aromatic N) is 2. The molecule has 1 saturated carbocycles. The van der Waals surface area contributed by atoms with Crippen molar-refractivity contribution in [3.8, 4) is 0 Å². The fourth-order valence-electron chi connectivity index (χ4n) is 2.18. The van der Waals surface area contributed by atoms with Gasteiger partial charge in [-0.15, -0.1) is 0 Å². The SMILES string of the molecule is CC(C)CCN(CCc1ccc(N)cn1)C1CC1. The Bertz CT molecular complexity index is 355. The van der Waals surface area contributed by atoms with E-state index in [1.807, 2.05) is 12.1 Å². The lowest BCUT2D eigenvalue weighted by Crippen LogP contribution is -2.30. The zero-order valence-corrected chi connectivity index (χ0v) is 11.6. The Morgan fingerprint density at radius 2 is 2.11 bits per heavy atom. The molecule has 1 aromatic heterocycles. The number of rotatable bonds is 7. The average molecular weight is 247 g/mol. The summed E-state index contributed by atoms with van der Waals surface area (Å²) in [5, 5.41) is 0. The molecule has 0 aliphatic heterocycles. The van der Waals surface area contributed by atoms with E-state index in [1.54, 1.807) is 6.20 Å². The first-order chi connectivity index (χ1) is 8.65. The predicted molar refractivity (Wildman–Crippen MR) is 76.4 cm³/mol. The van der Waals surface area contributed by atoms with Gasteiger partial charge < -0.3 is 5.73 Å². The van der Waals surface area contributed by atoms with Crippen LogP contribution in [0.2, 0.25) is 0 Å².